The minimum Gasteiger partial charge on any atom is -0.313 e. The number of halogens is 3. The highest BCUT2D eigenvalue weighted by Crippen LogP contribution is 2.30. The molecule has 5 heteroatoms. The largest absolute Gasteiger partial charge is 0.441 e. The smallest absolute Gasteiger partial charge is 0.313 e. The SMILES string of the molecule is CC(NCCSC(F)(F)F)C1CCCC1. The van der Waals surface area contributed by atoms with Gasteiger partial charge in [0.25, 0.3) is 0 Å². The van der Waals surface area contributed by atoms with Gasteiger partial charge in [0.05, 0.1) is 0 Å². The topological polar surface area (TPSA) is 12.0 Å². The van der Waals surface area contributed by atoms with E-state index in [1.807, 2.05) is 0 Å². The summed E-state index contributed by atoms with van der Waals surface area (Å²) in [4.78, 5) is 0. The fraction of sp³-hybridized carbons (Fsp3) is 1.00. The quantitative estimate of drug-likeness (QED) is 0.740. The molecule has 15 heavy (non-hydrogen) atoms. The van der Waals surface area contributed by atoms with Crippen LogP contribution in [-0.4, -0.2) is 23.8 Å². The van der Waals surface area contributed by atoms with Crippen molar-refractivity contribution in [3.63, 3.8) is 0 Å². The van der Waals surface area contributed by atoms with Gasteiger partial charge in [-0.1, -0.05) is 12.8 Å². The predicted octanol–water partition coefficient (Wildman–Crippen LogP) is 3.41. The van der Waals surface area contributed by atoms with Gasteiger partial charge in [0.1, 0.15) is 0 Å². The van der Waals surface area contributed by atoms with Crippen molar-refractivity contribution in [3.8, 4) is 0 Å². The Bertz CT molecular complexity index is 178. The van der Waals surface area contributed by atoms with Crippen LogP contribution >= 0.6 is 11.8 Å². The summed E-state index contributed by atoms with van der Waals surface area (Å²) < 4.78 is 35.4. The van der Waals surface area contributed by atoms with Crippen molar-refractivity contribution in [2.24, 2.45) is 5.92 Å². The standard InChI is InChI=1S/C10H18F3NS/c1-8(9-4-2-3-5-9)14-6-7-15-10(11,12)13/h8-9,14H,2-7H2,1H3. The fourth-order valence-electron chi connectivity index (χ4n) is 2.08. The highest BCUT2D eigenvalue weighted by molar-refractivity contribution is 8.00. The van der Waals surface area contributed by atoms with Crippen molar-refractivity contribution < 1.29 is 13.2 Å². The average Bonchev–Trinajstić information content (AvgIpc) is 2.63. The van der Waals surface area contributed by atoms with E-state index in [4.69, 9.17) is 0 Å². The summed E-state index contributed by atoms with van der Waals surface area (Å²) in [6.45, 7) is 2.52. The Labute approximate surface area is 93.2 Å². The number of nitrogens with one attached hydrogen (secondary N) is 1. The van der Waals surface area contributed by atoms with E-state index in [1.54, 1.807) is 0 Å². The van der Waals surface area contributed by atoms with Crippen LogP contribution in [0.15, 0.2) is 0 Å². The zero-order chi connectivity index (χ0) is 11.3. The van der Waals surface area contributed by atoms with Crippen molar-refractivity contribution >= 4 is 11.8 Å². The van der Waals surface area contributed by atoms with Crippen LogP contribution in [-0.2, 0) is 0 Å². The molecule has 1 saturated carbocycles. The van der Waals surface area contributed by atoms with Gasteiger partial charge in [0, 0.05) is 18.3 Å². The minimum atomic E-state index is -4.09. The zero-order valence-corrected chi connectivity index (χ0v) is 9.76. The molecule has 0 aromatic carbocycles. The van der Waals surface area contributed by atoms with Gasteiger partial charge >= 0.3 is 5.51 Å². The monoisotopic (exact) mass is 241 g/mol. The highest BCUT2D eigenvalue weighted by atomic mass is 32.2. The van der Waals surface area contributed by atoms with Crippen molar-refractivity contribution in [1.29, 1.82) is 0 Å². The molecule has 90 valence electrons. The van der Waals surface area contributed by atoms with Gasteiger partial charge in [-0.25, -0.2) is 0 Å². The average molecular weight is 241 g/mol. The van der Waals surface area contributed by atoms with Gasteiger partial charge in [0.2, 0.25) is 0 Å². The van der Waals surface area contributed by atoms with Crippen molar-refractivity contribution in [2.45, 2.75) is 44.2 Å². The Morgan fingerprint density at radius 2 is 1.93 bits per heavy atom. The maximum absolute atomic E-state index is 11.8. The normalized spacial score (nSPS) is 20.8. The Balaban J connectivity index is 2.04. The van der Waals surface area contributed by atoms with E-state index in [2.05, 4.69) is 12.2 Å². The van der Waals surface area contributed by atoms with E-state index in [0.717, 1.165) is 0 Å². The molecule has 1 atom stereocenters. The molecule has 1 aliphatic rings. The van der Waals surface area contributed by atoms with E-state index < -0.39 is 5.51 Å². The van der Waals surface area contributed by atoms with Gasteiger partial charge in [-0.3, -0.25) is 0 Å². The number of alkyl halides is 3. The van der Waals surface area contributed by atoms with Gasteiger partial charge in [0.15, 0.2) is 0 Å². The lowest BCUT2D eigenvalue weighted by Crippen LogP contribution is -2.34. The van der Waals surface area contributed by atoms with E-state index in [0.29, 0.717) is 18.5 Å². The van der Waals surface area contributed by atoms with Crippen molar-refractivity contribution in [2.75, 3.05) is 12.3 Å². The summed E-state index contributed by atoms with van der Waals surface area (Å²) in [7, 11) is 0. The molecule has 1 nitrogen and oxygen atoms in total. The Hall–Kier alpha value is 0.100. The summed E-state index contributed by atoms with van der Waals surface area (Å²) in [6.07, 6.45) is 4.99. The van der Waals surface area contributed by atoms with Crippen LogP contribution in [0, 0.1) is 5.92 Å². The molecule has 0 bridgehead atoms. The molecular weight excluding hydrogens is 223 g/mol. The predicted molar refractivity (Wildman–Crippen MR) is 57.9 cm³/mol. The van der Waals surface area contributed by atoms with E-state index in [-0.39, 0.29) is 17.5 Å². The van der Waals surface area contributed by atoms with Gasteiger partial charge in [-0.15, -0.1) is 0 Å². The second kappa shape index (κ2) is 5.99. The molecular formula is C10H18F3NS. The highest BCUT2D eigenvalue weighted by Gasteiger charge is 2.27. The summed E-state index contributed by atoms with van der Waals surface area (Å²) in [5.41, 5.74) is -4.09. The number of thioether (sulfide) groups is 1. The van der Waals surface area contributed by atoms with Gasteiger partial charge < -0.3 is 5.32 Å². The first-order chi connectivity index (χ1) is 6.99. The molecule has 0 aliphatic heterocycles. The van der Waals surface area contributed by atoms with Crippen LogP contribution in [0.1, 0.15) is 32.6 Å². The molecule has 0 amide bonds. The third-order valence-electron chi connectivity index (χ3n) is 2.94. The molecule has 0 aromatic rings. The third kappa shape index (κ3) is 5.66. The first-order valence-electron chi connectivity index (χ1n) is 5.43. The summed E-state index contributed by atoms with van der Waals surface area (Å²) in [5.74, 6) is 0.779. The fourth-order valence-corrected chi connectivity index (χ4v) is 2.53. The number of hydrogen-bond acceptors (Lipinski definition) is 2. The molecule has 0 aromatic heterocycles. The first kappa shape index (κ1) is 13.2. The molecule has 0 spiro atoms. The maximum Gasteiger partial charge on any atom is 0.441 e. The number of hydrogen-bond donors (Lipinski definition) is 1. The third-order valence-corrected chi connectivity index (χ3v) is 3.68. The summed E-state index contributed by atoms with van der Waals surface area (Å²) in [5, 5.41) is 3.18. The summed E-state index contributed by atoms with van der Waals surface area (Å²) in [6, 6.07) is 0.362. The molecule has 1 aliphatic carbocycles. The molecule has 1 fully saturated rings. The van der Waals surface area contributed by atoms with Crippen molar-refractivity contribution in [1.82, 2.24) is 5.32 Å². The second-order valence-corrected chi connectivity index (χ2v) is 5.24. The molecule has 1 N–H and O–H groups in total. The van der Waals surface area contributed by atoms with Crippen LogP contribution in [0.4, 0.5) is 13.2 Å². The first-order valence-corrected chi connectivity index (χ1v) is 6.41. The Morgan fingerprint density at radius 3 is 2.47 bits per heavy atom. The Morgan fingerprint density at radius 1 is 1.33 bits per heavy atom. The summed E-state index contributed by atoms with van der Waals surface area (Å²) >= 11 is 0.0556. The molecule has 0 saturated heterocycles. The lowest BCUT2D eigenvalue weighted by atomic mass is 10.00. The number of rotatable bonds is 5. The van der Waals surface area contributed by atoms with Crippen LogP contribution in [0.5, 0.6) is 0 Å². The maximum atomic E-state index is 11.8. The lowest BCUT2D eigenvalue weighted by molar-refractivity contribution is -0.0327. The van der Waals surface area contributed by atoms with E-state index in [9.17, 15) is 13.2 Å². The van der Waals surface area contributed by atoms with Crippen LogP contribution in [0.25, 0.3) is 0 Å². The van der Waals surface area contributed by atoms with Crippen LogP contribution in [0.3, 0.4) is 0 Å². The lowest BCUT2D eigenvalue weighted by Gasteiger charge is -2.20. The minimum absolute atomic E-state index is 0.0556. The van der Waals surface area contributed by atoms with Gasteiger partial charge in [-0.05, 0) is 37.4 Å². The molecule has 0 heterocycles. The van der Waals surface area contributed by atoms with E-state index >= 15 is 0 Å². The molecule has 1 rings (SSSR count). The van der Waals surface area contributed by atoms with Gasteiger partial charge in [-0.2, -0.15) is 13.2 Å². The van der Waals surface area contributed by atoms with Crippen LogP contribution < -0.4 is 5.32 Å². The molecule has 1 unspecified atom stereocenters. The second-order valence-electron chi connectivity index (χ2n) is 4.08. The molecule has 0 radical (unpaired) electrons. The van der Waals surface area contributed by atoms with Crippen molar-refractivity contribution in [3.05, 3.63) is 0 Å². The zero-order valence-electron chi connectivity index (χ0n) is 8.94. The van der Waals surface area contributed by atoms with Crippen LogP contribution in [0.2, 0.25) is 0 Å². The van der Waals surface area contributed by atoms with E-state index in [1.165, 1.54) is 25.7 Å². The Kier molecular flexibility index (Phi) is 5.26.